The first-order valence-corrected chi connectivity index (χ1v) is 12.3. The highest BCUT2D eigenvalue weighted by Gasteiger charge is 2.33. The average molecular weight is 505 g/mol. The number of thioether (sulfide) groups is 1. The zero-order chi connectivity index (χ0) is 24.6. The first-order chi connectivity index (χ1) is 17.0. The summed E-state index contributed by atoms with van der Waals surface area (Å²) in [6, 6.07) is 24.3. The van der Waals surface area contributed by atoms with Gasteiger partial charge in [-0.2, -0.15) is 0 Å². The Morgan fingerprint density at radius 3 is 2.43 bits per heavy atom. The van der Waals surface area contributed by atoms with Crippen LogP contribution in [0.5, 0.6) is 11.5 Å². The van der Waals surface area contributed by atoms with Gasteiger partial charge in [-0.3, -0.25) is 14.5 Å². The van der Waals surface area contributed by atoms with E-state index in [0.717, 1.165) is 16.8 Å². The largest absolute Gasteiger partial charge is 0.490 e. The van der Waals surface area contributed by atoms with Crippen molar-refractivity contribution in [2.24, 2.45) is 0 Å². The molecule has 6 nitrogen and oxygen atoms in total. The van der Waals surface area contributed by atoms with Crippen LogP contribution in [0.1, 0.15) is 18.1 Å². The minimum Gasteiger partial charge on any atom is -0.490 e. The number of ether oxygens (including phenoxy) is 2. The van der Waals surface area contributed by atoms with E-state index < -0.39 is 0 Å². The molecule has 0 saturated carbocycles. The Hall–Kier alpha value is -3.62. The second-order valence-electron chi connectivity index (χ2n) is 7.54. The first kappa shape index (κ1) is 24.5. The van der Waals surface area contributed by atoms with E-state index in [4.69, 9.17) is 21.7 Å². The molecule has 1 fully saturated rings. The summed E-state index contributed by atoms with van der Waals surface area (Å²) in [6.45, 7) is 2.59. The Bertz CT molecular complexity index is 1250. The summed E-state index contributed by atoms with van der Waals surface area (Å²) in [4.78, 5) is 27.3. The molecule has 1 aliphatic heterocycles. The maximum absolute atomic E-state index is 13.0. The number of nitrogens with one attached hydrogen (secondary N) is 1. The summed E-state index contributed by atoms with van der Waals surface area (Å²) in [5.41, 5.74) is 2.52. The van der Waals surface area contributed by atoms with Gasteiger partial charge in [0.2, 0.25) is 0 Å². The molecule has 0 bridgehead atoms. The highest BCUT2D eigenvalue weighted by molar-refractivity contribution is 8.27. The Morgan fingerprint density at radius 1 is 1.00 bits per heavy atom. The van der Waals surface area contributed by atoms with Gasteiger partial charge in [0.15, 0.2) is 22.4 Å². The highest BCUT2D eigenvalue weighted by Crippen LogP contribution is 2.37. The van der Waals surface area contributed by atoms with Crippen LogP contribution in [0.2, 0.25) is 0 Å². The molecule has 4 rings (SSSR count). The minimum atomic E-state index is -0.232. The summed E-state index contributed by atoms with van der Waals surface area (Å²) >= 11 is 6.69. The van der Waals surface area contributed by atoms with Gasteiger partial charge in [0, 0.05) is 6.54 Å². The van der Waals surface area contributed by atoms with Gasteiger partial charge in [-0.25, -0.2) is 0 Å². The summed E-state index contributed by atoms with van der Waals surface area (Å²) in [5.74, 6) is 0.552. The second-order valence-corrected chi connectivity index (χ2v) is 9.22. The molecule has 0 aliphatic carbocycles. The van der Waals surface area contributed by atoms with Crippen molar-refractivity contribution in [3.63, 3.8) is 0 Å². The Labute approximate surface area is 213 Å². The zero-order valence-electron chi connectivity index (χ0n) is 19.1. The smallest absolute Gasteiger partial charge is 0.270 e. The van der Waals surface area contributed by atoms with Crippen LogP contribution in [0.3, 0.4) is 0 Å². The predicted molar refractivity (Wildman–Crippen MR) is 143 cm³/mol. The number of carbonyl (C=O) groups is 2. The lowest BCUT2D eigenvalue weighted by molar-refractivity contribution is -0.123. The second kappa shape index (κ2) is 11.7. The predicted octanol–water partition coefficient (Wildman–Crippen LogP) is 5.19. The maximum atomic E-state index is 13.0. The van der Waals surface area contributed by atoms with Gasteiger partial charge in [-0.1, -0.05) is 78.6 Å². The van der Waals surface area contributed by atoms with Crippen LogP contribution in [0.4, 0.5) is 5.69 Å². The van der Waals surface area contributed by atoms with Crippen LogP contribution >= 0.6 is 24.0 Å². The van der Waals surface area contributed by atoms with E-state index in [2.05, 4.69) is 5.32 Å². The fraction of sp³-hybridized carbons (Fsp3) is 0.148. The molecule has 0 aromatic heterocycles. The number of hydrogen-bond donors (Lipinski definition) is 1. The van der Waals surface area contributed by atoms with Crippen molar-refractivity contribution in [1.29, 1.82) is 0 Å². The third-order valence-electron chi connectivity index (χ3n) is 5.06. The third-order valence-corrected chi connectivity index (χ3v) is 6.37. The fourth-order valence-electron chi connectivity index (χ4n) is 3.41. The number of anilines is 1. The number of thiocarbonyl (C=S) groups is 1. The van der Waals surface area contributed by atoms with Crippen LogP contribution in [-0.2, 0) is 16.1 Å². The van der Waals surface area contributed by atoms with Crippen molar-refractivity contribution in [3.05, 3.63) is 94.9 Å². The molecular formula is C27H24N2O4S2. The van der Waals surface area contributed by atoms with Crippen molar-refractivity contribution >= 4 is 51.9 Å². The van der Waals surface area contributed by atoms with E-state index >= 15 is 0 Å². The minimum absolute atomic E-state index is 0.137. The number of rotatable bonds is 9. The fourth-order valence-corrected chi connectivity index (χ4v) is 4.71. The molecule has 1 saturated heterocycles. The van der Waals surface area contributed by atoms with Gasteiger partial charge in [0.25, 0.3) is 11.8 Å². The highest BCUT2D eigenvalue weighted by atomic mass is 32.2. The number of benzene rings is 3. The van der Waals surface area contributed by atoms with Gasteiger partial charge in [-0.15, -0.1) is 0 Å². The number of amides is 2. The molecular weight excluding hydrogens is 480 g/mol. The molecule has 3 aromatic rings. The standard InChI is InChI=1S/C27H24N2O4S2/c1-2-32-23-15-20(16-24-26(31)29(27(34)35-24)21-11-7-4-8-12-21)13-14-22(23)33-18-25(30)28-17-19-9-5-3-6-10-19/h3-16H,2,17-18H2,1H3,(H,28,30)/b24-16-. The topological polar surface area (TPSA) is 67.9 Å². The van der Waals surface area contributed by atoms with E-state index in [0.29, 0.717) is 33.9 Å². The maximum Gasteiger partial charge on any atom is 0.270 e. The molecule has 1 aliphatic rings. The Morgan fingerprint density at radius 2 is 1.71 bits per heavy atom. The van der Waals surface area contributed by atoms with Crippen LogP contribution < -0.4 is 19.7 Å². The van der Waals surface area contributed by atoms with Crippen LogP contribution in [0, 0.1) is 0 Å². The molecule has 8 heteroatoms. The Kier molecular flexibility index (Phi) is 8.18. The number of carbonyl (C=O) groups excluding carboxylic acids is 2. The first-order valence-electron chi connectivity index (χ1n) is 11.1. The molecule has 35 heavy (non-hydrogen) atoms. The molecule has 0 atom stereocenters. The van der Waals surface area contributed by atoms with Gasteiger partial charge >= 0.3 is 0 Å². The van der Waals surface area contributed by atoms with Gasteiger partial charge < -0.3 is 14.8 Å². The summed E-state index contributed by atoms with van der Waals surface area (Å²) in [7, 11) is 0. The number of nitrogens with zero attached hydrogens (tertiary/aromatic N) is 1. The lowest BCUT2D eigenvalue weighted by Crippen LogP contribution is -2.28. The molecule has 1 heterocycles. The quantitative estimate of drug-likeness (QED) is 0.320. The lowest BCUT2D eigenvalue weighted by atomic mass is 10.1. The van der Waals surface area contributed by atoms with Crippen molar-refractivity contribution in [2.75, 3.05) is 18.1 Å². The molecule has 3 aromatic carbocycles. The van der Waals surface area contributed by atoms with Crippen molar-refractivity contribution in [1.82, 2.24) is 5.32 Å². The van der Waals surface area contributed by atoms with Crippen molar-refractivity contribution in [2.45, 2.75) is 13.5 Å². The Balaban J connectivity index is 1.43. The lowest BCUT2D eigenvalue weighted by Gasteiger charge is -2.14. The van der Waals surface area contributed by atoms with Gasteiger partial charge in [-0.05, 0) is 48.4 Å². The van der Waals surface area contributed by atoms with Crippen molar-refractivity contribution in [3.8, 4) is 11.5 Å². The van der Waals surface area contributed by atoms with E-state index in [1.165, 1.54) is 16.7 Å². The zero-order valence-corrected chi connectivity index (χ0v) is 20.7. The molecule has 0 radical (unpaired) electrons. The van der Waals surface area contributed by atoms with Crippen LogP contribution in [0.15, 0.2) is 83.8 Å². The van der Waals surface area contributed by atoms with Crippen molar-refractivity contribution < 1.29 is 19.1 Å². The molecule has 2 amide bonds. The summed E-state index contributed by atoms with van der Waals surface area (Å²) in [5, 5.41) is 2.84. The molecule has 0 spiro atoms. The summed E-state index contributed by atoms with van der Waals surface area (Å²) in [6.07, 6.45) is 1.78. The molecule has 0 unspecified atom stereocenters. The normalized spacial score (nSPS) is 14.3. The third kappa shape index (κ3) is 6.29. The monoisotopic (exact) mass is 504 g/mol. The molecule has 178 valence electrons. The van der Waals surface area contributed by atoms with Crippen LogP contribution in [-0.4, -0.2) is 29.3 Å². The summed E-state index contributed by atoms with van der Waals surface area (Å²) < 4.78 is 11.9. The van der Waals surface area contributed by atoms with E-state index in [1.54, 1.807) is 18.2 Å². The van der Waals surface area contributed by atoms with E-state index in [1.807, 2.05) is 73.7 Å². The SMILES string of the molecule is CCOc1cc(/C=C2\SC(=S)N(c3ccccc3)C2=O)ccc1OCC(=O)NCc1ccccc1. The van der Waals surface area contributed by atoms with Gasteiger partial charge in [0.05, 0.1) is 17.2 Å². The van der Waals surface area contributed by atoms with Gasteiger partial charge in [0.1, 0.15) is 0 Å². The average Bonchev–Trinajstić information content (AvgIpc) is 3.16. The number of para-hydroxylation sites is 1. The number of hydrogen-bond acceptors (Lipinski definition) is 6. The molecule has 1 N–H and O–H groups in total. The van der Waals surface area contributed by atoms with E-state index in [-0.39, 0.29) is 18.4 Å². The van der Waals surface area contributed by atoms with Crippen LogP contribution in [0.25, 0.3) is 6.08 Å². The van der Waals surface area contributed by atoms with E-state index in [9.17, 15) is 9.59 Å².